The quantitative estimate of drug-likeness (QED) is 0.494. The van der Waals surface area contributed by atoms with Crippen LogP contribution in [0.3, 0.4) is 0 Å². The van der Waals surface area contributed by atoms with Crippen LogP contribution in [0.2, 0.25) is 0 Å². The van der Waals surface area contributed by atoms with Gasteiger partial charge < -0.3 is 0 Å². The first kappa shape index (κ1) is 22.2. The molecule has 2 aromatic rings. The molecule has 0 spiro atoms. The van der Waals surface area contributed by atoms with E-state index in [0.29, 0.717) is 17.8 Å². The fourth-order valence-electron chi connectivity index (χ4n) is 2.93. The van der Waals surface area contributed by atoms with Crippen molar-refractivity contribution in [2.45, 2.75) is 59.3 Å². The third-order valence-corrected chi connectivity index (χ3v) is 5.49. The van der Waals surface area contributed by atoms with Gasteiger partial charge in [-0.15, -0.1) is 0 Å². The van der Waals surface area contributed by atoms with Crippen molar-refractivity contribution in [3.63, 3.8) is 0 Å². The molecule has 0 radical (unpaired) electrons. The molecule has 0 saturated carbocycles. The fourth-order valence-corrected chi connectivity index (χ4v) is 3.97. The Morgan fingerprint density at radius 1 is 0.800 bits per heavy atom. The van der Waals surface area contributed by atoms with Gasteiger partial charge in [0, 0.05) is 5.56 Å². The summed E-state index contributed by atoms with van der Waals surface area (Å²) in [6.07, 6.45) is 0. The summed E-state index contributed by atoms with van der Waals surface area (Å²) < 4.78 is 0. The van der Waals surface area contributed by atoms with Gasteiger partial charge >= 0.3 is 18.9 Å². The van der Waals surface area contributed by atoms with Gasteiger partial charge in [0.2, 0.25) is 0 Å². The van der Waals surface area contributed by atoms with Crippen LogP contribution in [-0.2, 0) is 0 Å². The van der Waals surface area contributed by atoms with E-state index in [2.05, 4.69) is 53.7 Å². The number of hydrogen-bond donors (Lipinski definition) is 0. The number of carbonyl (C=O) groups excluding carboxylic acids is 1. The van der Waals surface area contributed by atoms with Gasteiger partial charge in [-0.25, -0.2) is 0 Å². The molecule has 3 heteroatoms. The summed E-state index contributed by atoms with van der Waals surface area (Å²) in [5, 5.41) is 1.11. The van der Waals surface area contributed by atoms with Gasteiger partial charge in [0.1, 0.15) is 0 Å². The van der Waals surface area contributed by atoms with Crippen LogP contribution in [0.5, 0.6) is 0 Å². The Bertz CT molecular complexity index is 676. The van der Waals surface area contributed by atoms with Gasteiger partial charge in [0.25, 0.3) is 0 Å². The normalized spacial score (nSPS) is 11.6. The molecule has 0 amide bonds. The van der Waals surface area contributed by atoms with Crippen molar-refractivity contribution in [3.8, 4) is 0 Å². The molecule has 0 N–H and O–H groups in total. The van der Waals surface area contributed by atoms with Crippen molar-refractivity contribution in [1.82, 2.24) is 0 Å². The molecular weight excluding hydrogens is 318 g/mol. The Morgan fingerprint density at radius 2 is 1.28 bits per heavy atom. The van der Waals surface area contributed by atoms with Crippen molar-refractivity contribution in [2.24, 2.45) is 0 Å². The molecule has 2 rings (SSSR count). The van der Waals surface area contributed by atoms with E-state index < -0.39 is 0 Å². The van der Waals surface area contributed by atoms with Crippen LogP contribution < -0.4 is 5.30 Å². The molecule has 0 aliphatic carbocycles. The van der Waals surface area contributed by atoms with Crippen LogP contribution in [0.25, 0.3) is 0 Å². The summed E-state index contributed by atoms with van der Waals surface area (Å²) >= 11 is 0. The summed E-state index contributed by atoms with van der Waals surface area (Å²) in [5.41, 5.74) is 4.98. The Morgan fingerprint density at radius 3 is 1.68 bits per heavy atom. The van der Waals surface area contributed by atoms with Crippen LogP contribution >= 0.6 is 8.58 Å². The van der Waals surface area contributed by atoms with Crippen molar-refractivity contribution in [3.05, 3.63) is 64.7 Å². The summed E-state index contributed by atoms with van der Waals surface area (Å²) in [4.78, 5) is 13.2. The third-order valence-electron chi connectivity index (χ3n) is 4.39. The number of rotatable bonds is 6. The number of hydrogen-bond acceptors (Lipinski definition) is 1. The average molecular weight is 348 g/mol. The standard InChI is InChI=1S/C22H29OP.Li.H/c1-14(2)17-12-19(15(3)4)21(20(13-17)16(5)6)22(23)24-18-10-8-7-9-11-18;;/h7-16,24H,1-6H3;;. The summed E-state index contributed by atoms with van der Waals surface area (Å²) in [6, 6.07) is 14.6. The van der Waals surface area contributed by atoms with Gasteiger partial charge in [-0.1, -0.05) is 84.0 Å². The summed E-state index contributed by atoms with van der Waals surface area (Å²) in [7, 11) is 0.186. The SMILES string of the molecule is CC(C)c1cc(C(C)C)c(C(=O)Pc2ccccc2)c(C(C)C)c1.[LiH]. The first-order valence-corrected chi connectivity index (χ1v) is 9.85. The van der Waals surface area contributed by atoms with Crippen LogP contribution in [0.15, 0.2) is 42.5 Å². The minimum absolute atomic E-state index is 0. The molecule has 1 nitrogen and oxygen atoms in total. The molecule has 0 bridgehead atoms. The van der Waals surface area contributed by atoms with Crippen molar-refractivity contribution < 1.29 is 4.79 Å². The zero-order valence-corrected chi connectivity index (χ0v) is 16.7. The Labute approximate surface area is 167 Å². The van der Waals surface area contributed by atoms with E-state index in [9.17, 15) is 4.79 Å². The average Bonchev–Trinajstić information content (AvgIpc) is 2.54. The first-order valence-electron chi connectivity index (χ1n) is 8.85. The molecule has 0 saturated heterocycles. The zero-order chi connectivity index (χ0) is 17.9. The Kier molecular flexibility index (Phi) is 8.63. The molecule has 1 atom stereocenters. The monoisotopic (exact) mass is 348 g/mol. The van der Waals surface area contributed by atoms with Gasteiger partial charge in [-0.05, 0) is 48.3 Å². The molecular formula is C22H30LiOP. The fraction of sp³-hybridized carbons (Fsp3) is 0.409. The molecule has 0 aromatic heterocycles. The first-order chi connectivity index (χ1) is 11.3. The zero-order valence-electron chi connectivity index (χ0n) is 15.7. The molecule has 1 unspecified atom stereocenters. The van der Waals surface area contributed by atoms with Gasteiger partial charge in [-0.3, -0.25) is 4.79 Å². The Hall–Kier alpha value is -0.863. The number of carbonyl (C=O) groups is 1. The number of benzene rings is 2. The molecule has 0 aliphatic heterocycles. The maximum atomic E-state index is 13.2. The van der Waals surface area contributed by atoms with Crippen molar-refractivity contribution in [1.29, 1.82) is 0 Å². The van der Waals surface area contributed by atoms with E-state index in [-0.39, 0.29) is 33.0 Å². The van der Waals surface area contributed by atoms with Crippen LogP contribution in [0.1, 0.15) is 86.3 Å². The molecule has 0 heterocycles. The molecule has 25 heavy (non-hydrogen) atoms. The van der Waals surface area contributed by atoms with E-state index in [4.69, 9.17) is 0 Å². The topological polar surface area (TPSA) is 17.1 Å². The molecule has 2 aromatic carbocycles. The second-order valence-electron chi connectivity index (χ2n) is 7.36. The van der Waals surface area contributed by atoms with Crippen LogP contribution in [0, 0.1) is 0 Å². The van der Waals surface area contributed by atoms with Crippen molar-refractivity contribution >= 4 is 38.3 Å². The summed E-state index contributed by atoms with van der Waals surface area (Å²) in [5.74, 6) is 1.17. The van der Waals surface area contributed by atoms with E-state index in [1.165, 1.54) is 16.7 Å². The summed E-state index contributed by atoms with van der Waals surface area (Å²) in [6.45, 7) is 13.2. The van der Waals surface area contributed by atoms with E-state index >= 15 is 0 Å². The van der Waals surface area contributed by atoms with Crippen LogP contribution in [-0.4, -0.2) is 24.4 Å². The second-order valence-corrected chi connectivity index (χ2v) is 8.64. The third kappa shape index (κ3) is 5.56. The molecule has 0 aliphatic rings. The van der Waals surface area contributed by atoms with Crippen LogP contribution in [0.4, 0.5) is 0 Å². The second kappa shape index (κ2) is 9.73. The van der Waals surface area contributed by atoms with Gasteiger partial charge in [-0.2, -0.15) is 0 Å². The van der Waals surface area contributed by atoms with Crippen molar-refractivity contribution in [2.75, 3.05) is 0 Å². The maximum absolute atomic E-state index is 13.2. The molecule has 130 valence electrons. The van der Waals surface area contributed by atoms with Gasteiger partial charge in [0.15, 0.2) is 5.52 Å². The van der Waals surface area contributed by atoms with E-state index in [1.807, 2.05) is 30.3 Å². The Balaban J connectivity index is 0.00000312. The minimum atomic E-state index is 0. The van der Waals surface area contributed by atoms with E-state index in [0.717, 1.165) is 10.9 Å². The predicted molar refractivity (Wildman–Crippen MR) is 115 cm³/mol. The van der Waals surface area contributed by atoms with E-state index in [1.54, 1.807) is 0 Å². The molecule has 0 fully saturated rings. The van der Waals surface area contributed by atoms with Gasteiger partial charge in [0.05, 0.1) is 0 Å². The predicted octanol–water partition coefficient (Wildman–Crippen LogP) is 5.55.